The van der Waals surface area contributed by atoms with Gasteiger partial charge < -0.3 is 9.84 Å². The maximum Gasteiger partial charge on any atom is 0.338 e. The summed E-state index contributed by atoms with van der Waals surface area (Å²) in [5, 5.41) is 9.62. The van der Waals surface area contributed by atoms with Gasteiger partial charge in [0.25, 0.3) is 0 Å². The molecule has 2 aromatic rings. The highest BCUT2D eigenvalue weighted by molar-refractivity contribution is 5.97. The smallest absolute Gasteiger partial charge is 0.338 e. The Balaban J connectivity index is 1.98. The number of unbranched alkanes of at least 4 members (excludes halogenated alkanes) is 2. The SMILES string of the molecule is CC(C)(C)c1cnc(C=O)c(C(=O)O)c1CCCCCOC(=O)c1ccccc1. The van der Waals surface area contributed by atoms with Crippen LogP contribution < -0.4 is 0 Å². The van der Waals surface area contributed by atoms with Crippen molar-refractivity contribution in [2.75, 3.05) is 6.61 Å². The number of carbonyl (C=O) groups excluding carboxylic acids is 2. The molecule has 6 heteroatoms. The molecular formula is C23H27NO5. The molecule has 1 aromatic heterocycles. The summed E-state index contributed by atoms with van der Waals surface area (Å²) in [6.45, 7) is 6.27. The molecule has 1 N–H and O–H groups in total. The van der Waals surface area contributed by atoms with Crippen molar-refractivity contribution in [2.24, 2.45) is 0 Å². The number of nitrogens with zero attached hydrogens (tertiary/aromatic N) is 1. The highest BCUT2D eigenvalue weighted by Gasteiger charge is 2.25. The zero-order valence-electron chi connectivity index (χ0n) is 17.1. The molecule has 1 aromatic carbocycles. The number of aromatic carboxylic acids is 1. The molecule has 0 spiro atoms. The zero-order valence-corrected chi connectivity index (χ0v) is 17.1. The lowest BCUT2D eigenvalue weighted by Gasteiger charge is -2.24. The van der Waals surface area contributed by atoms with E-state index in [1.165, 1.54) is 0 Å². The van der Waals surface area contributed by atoms with E-state index in [9.17, 15) is 19.5 Å². The summed E-state index contributed by atoms with van der Waals surface area (Å²) in [6, 6.07) is 8.82. The van der Waals surface area contributed by atoms with Crippen molar-refractivity contribution in [3.8, 4) is 0 Å². The number of ether oxygens (including phenoxy) is 1. The Morgan fingerprint density at radius 3 is 2.38 bits per heavy atom. The standard InChI is InChI=1S/C23H27NO5/c1-23(2,3)18-14-24-19(15-25)20(21(26)27)17(18)12-8-5-9-13-29-22(28)16-10-6-4-7-11-16/h4,6-7,10-11,14-15H,5,8-9,12-13H2,1-3H3,(H,26,27). The molecule has 0 aliphatic heterocycles. The van der Waals surface area contributed by atoms with Crippen molar-refractivity contribution >= 4 is 18.2 Å². The summed E-state index contributed by atoms with van der Waals surface area (Å²) >= 11 is 0. The molecule has 1 heterocycles. The summed E-state index contributed by atoms with van der Waals surface area (Å²) in [5.74, 6) is -1.49. The average Bonchev–Trinajstić information content (AvgIpc) is 2.69. The monoisotopic (exact) mass is 397 g/mol. The quantitative estimate of drug-likeness (QED) is 0.381. The molecule has 154 valence electrons. The van der Waals surface area contributed by atoms with E-state index in [0.717, 1.165) is 12.0 Å². The molecule has 0 bridgehead atoms. The number of aldehydes is 1. The number of carbonyl (C=O) groups is 3. The maximum absolute atomic E-state index is 11.9. The van der Waals surface area contributed by atoms with Crippen LogP contribution in [0.15, 0.2) is 36.5 Å². The van der Waals surface area contributed by atoms with Gasteiger partial charge in [-0.1, -0.05) is 39.0 Å². The van der Waals surface area contributed by atoms with Crippen molar-refractivity contribution in [2.45, 2.75) is 51.9 Å². The van der Waals surface area contributed by atoms with Crippen LogP contribution in [0.1, 0.15) is 82.4 Å². The maximum atomic E-state index is 11.9. The lowest BCUT2D eigenvalue weighted by molar-refractivity contribution is 0.0497. The van der Waals surface area contributed by atoms with Gasteiger partial charge in [-0.2, -0.15) is 0 Å². The van der Waals surface area contributed by atoms with Crippen LogP contribution in [-0.4, -0.2) is 34.9 Å². The first kappa shape index (κ1) is 22.3. The third kappa shape index (κ3) is 5.98. The summed E-state index contributed by atoms with van der Waals surface area (Å²) < 4.78 is 5.27. The van der Waals surface area contributed by atoms with E-state index in [4.69, 9.17) is 4.74 Å². The Labute approximate surface area is 170 Å². The lowest BCUT2D eigenvalue weighted by Crippen LogP contribution is -2.20. The Morgan fingerprint density at radius 1 is 1.10 bits per heavy atom. The number of carboxylic acids is 1. The van der Waals surface area contributed by atoms with Crippen molar-refractivity contribution in [1.82, 2.24) is 4.98 Å². The van der Waals surface area contributed by atoms with Crippen LogP contribution in [0.2, 0.25) is 0 Å². The van der Waals surface area contributed by atoms with Gasteiger partial charge in [-0.3, -0.25) is 9.78 Å². The minimum atomic E-state index is -1.14. The van der Waals surface area contributed by atoms with Gasteiger partial charge in [0.05, 0.1) is 17.7 Å². The second-order valence-electron chi connectivity index (χ2n) is 7.90. The van der Waals surface area contributed by atoms with Crippen LogP contribution in [0.5, 0.6) is 0 Å². The number of pyridine rings is 1. The van der Waals surface area contributed by atoms with Crippen LogP contribution in [0.25, 0.3) is 0 Å². The fourth-order valence-corrected chi connectivity index (χ4v) is 3.20. The van der Waals surface area contributed by atoms with Crippen LogP contribution in [0, 0.1) is 0 Å². The molecule has 0 amide bonds. The number of hydrogen-bond donors (Lipinski definition) is 1. The van der Waals surface area contributed by atoms with Crippen molar-refractivity contribution in [3.05, 3.63) is 64.5 Å². The predicted molar refractivity (Wildman–Crippen MR) is 110 cm³/mol. The van der Waals surface area contributed by atoms with Gasteiger partial charge in [0.2, 0.25) is 0 Å². The molecule has 2 rings (SSSR count). The first-order valence-electron chi connectivity index (χ1n) is 9.68. The molecule has 0 radical (unpaired) electrons. The number of esters is 1. The highest BCUT2D eigenvalue weighted by atomic mass is 16.5. The van der Waals surface area contributed by atoms with Gasteiger partial charge in [-0.15, -0.1) is 0 Å². The van der Waals surface area contributed by atoms with Crippen molar-refractivity contribution < 1.29 is 24.2 Å². The van der Waals surface area contributed by atoms with E-state index in [2.05, 4.69) is 4.98 Å². The van der Waals surface area contributed by atoms with Gasteiger partial charge in [-0.05, 0) is 54.4 Å². The Kier molecular flexibility index (Phi) is 7.65. The summed E-state index contributed by atoms with van der Waals surface area (Å²) in [6.07, 6.45) is 4.77. The molecular weight excluding hydrogens is 370 g/mol. The average molecular weight is 397 g/mol. The minimum Gasteiger partial charge on any atom is -0.478 e. The molecule has 0 atom stereocenters. The predicted octanol–water partition coefficient (Wildman–Crippen LogP) is 4.46. The molecule has 0 saturated carbocycles. The molecule has 0 fully saturated rings. The largest absolute Gasteiger partial charge is 0.478 e. The van der Waals surface area contributed by atoms with Crippen LogP contribution in [-0.2, 0) is 16.6 Å². The summed E-state index contributed by atoms with van der Waals surface area (Å²) in [7, 11) is 0. The van der Waals surface area contributed by atoms with E-state index in [-0.39, 0.29) is 22.6 Å². The van der Waals surface area contributed by atoms with E-state index in [0.29, 0.717) is 43.3 Å². The molecule has 0 saturated heterocycles. The Morgan fingerprint density at radius 2 is 1.79 bits per heavy atom. The summed E-state index contributed by atoms with van der Waals surface area (Å²) in [4.78, 5) is 39.0. The Hall–Kier alpha value is -3.02. The topological polar surface area (TPSA) is 93.6 Å². The normalized spacial score (nSPS) is 11.1. The molecule has 29 heavy (non-hydrogen) atoms. The number of benzene rings is 1. The van der Waals surface area contributed by atoms with Crippen molar-refractivity contribution in [1.29, 1.82) is 0 Å². The highest BCUT2D eigenvalue weighted by Crippen LogP contribution is 2.30. The number of carboxylic acid groups (broad SMARTS) is 1. The summed E-state index contributed by atoms with van der Waals surface area (Å²) in [5.41, 5.74) is 1.66. The van der Waals surface area contributed by atoms with Gasteiger partial charge in [0, 0.05) is 6.20 Å². The first-order valence-corrected chi connectivity index (χ1v) is 9.68. The van der Waals surface area contributed by atoms with E-state index >= 15 is 0 Å². The van der Waals surface area contributed by atoms with Gasteiger partial charge in [0.1, 0.15) is 5.69 Å². The Bertz CT molecular complexity index is 869. The second-order valence-corrected chi connectivity index (χ2v) is 7.90. The van der Waals surface area contributed by atoms with Crippen LogP contribution in [0.3, 0.4) is 0 Å². The van der Waals surface area contributed by atoms with Crippen LogP contribution >= 0.6 is 0 Å². The number of rotatable bonds is 9. The van der Waals surface area contributed by atoms with E-state index < -0.39 is 5.97 Å². The van der Waals surface area contributed by atoms with E-state index in [1.807, 2.05) is 26.8 Å². The van der Waals surface area contributed by atoms with E-state index in [1.54, 1.807) is 30.5 Å². The fourth-order valence-electron chi connectivity index (χ4n) is 3.20. The van der Waals surface area contributed by atoms with Gasteiger partial charge in [-0.25, -0.2) is 9.59 Å². The number of aromatic nitrogens is 1. The first-order chi connectivity index (χ1) is 13.8. The lowest BCUT2D eigenvalue weighted by atomic mass is 9.81. The van der Waals surface area contributed by atoms with Crippen molar-refractivity contribution in [3.63, 3.8) is 0 Å². The van der Waals surface area contributed by atoms with Gasteiger partial charge in [0.15, 0.2) is 6.29 Å². The fraction of sp³-hybridized carbons (Fsp3) is 0.391. The third-order valence-electron chi connectivity index (χ3n) is 4.66. The second kappa shape index (κ2) is 9.96. The molecule has 6 nitrogen and oxygen atoms in total. The van der Waals surface area contributed by atoms with Gasteiger partial charge >= 0.3 is 11.9 Å². The van der Waals surface area contributed by atoms with Crippen LogP contribution in [0.4, 0.5) is 0 Å². The third-order valence-corrected chi connectivity index (χ3v) is 4.66. The number of hydrogen-bond acceptors (Lipinski definition) is 5. The molecule has 0 aliphatic carbocycles. The molecule has 0 aliphatic rings. The minimum absolute atomic E-state index is 0.0112. The zero-order chi connectivity index (χ0) is 21.4. The molecule has 0 unspecified atom stereocenters.